The van der Waals surface area contributed by atoms with Crippen LogP contribution in [-0.2, 0) is 36.9 Å². The molecule has 8 heteroatoms. The third-order valence-corrected chi connectivity index (χ3v) is 7.56. The smallest absolute Gasteiger partial charge is 0.338 e. The van der Waals surface area contributed by atoms with E-state index in [2.05, 4.69) is 0 Å². The molecule has 2 aromatic carbocycles. The van der Waals surface area contributed by atoms with E-state index in [9.17, 15) is 9.90 Å². The number of amidine groups is 1. The summed E-state index contributed by atoms with van der Waals surface area (Å²) < 4.78 is 24.3. The zero-order valence-corrected chi connectivity index (χ0v) is 19.2. The summed E-state index contributed by atoms with van der Waals surface area (Å²) in [5.74, 6) is -0.794. The third kappa shape index (κ3) is 3.09. The fraction of sp³-hybridized carbons (Fsp3) is 0.462. The van der Waals surface area contributed by atoms with Crippen LogP contribution in [0.2, 0.25) is 0 Å². The fourth-order valence-corrected chi connectivity index (χ4v) is 6.06. The van der Waals surface area contributed by atoms with Gasteiger partial charge in [-0.25, -0.2) is 9.79 Å². The first-order chi connectivity index (χ1) is 16.4. The molecule has 2 aromatic rings. The standard InChI is InChI=1S/C26H28N2O6/c1-25(30)13-18-22-28(14-16-9-5-3-6-10-16)24(31-2)27-26(18)20(19(25)34-23(29)21(26)33-22)32-15-17-11-7-4-8-12-17/h3-12,18-22,30H,13-15H2,1-2H3/t18-,19+,20?,21-,22+,25+,26-/m1/s1. The number of esters is 1. The van der Waals surface area contributed by atoms with Crippen molar-refractivity contribution in [2.75, 3.05) is 7.11 Å². The summed E-state index contributed by atoms with van der Waals surface area (Å²) in [4.78, 5) is 20.1. The van der Waals surface area contributed by atoms with Gasteiger partial charge in [0.2, 0.25) is 0 Å². The molecule has 0 radical (unpaired) electrons. The molecule has 0 aromatic heterocycles. The summed E-state index contributed by atoms with van der Waals surface area (Å²) in [7, 11) is 1.57. The molecule has 3 bridgehead atoms. The van der Waals surface area contributed by atoms with Crippen molar-refractivity contribution >= 4 is 12.0 Å². The van der Waals surface area contributed by atoms with E-state index in [1.165, 1.54) is 0 Å². The second kappa shape index (κ2) is 7.80. The molecule has 0 amide bonds. The van der Waals surface area contributed by atoms with Gasteiger partial charge in [0.25, 0.3) is 6.02 Å². The largest absolute Gasteiger partial charge is 0.468 e. The number of rotatable bonds is 5. The molecular weight excluding hydrogens is 436 g/mol. The van der Waals surface area contributed by atoms with E-state index >= 15 is 0 Å². The van der Waals surface area contributed by atoms with Crippen LogP contribution in [0.5, 0.6) is 0 Å². The number of aliphatic imine (C=N–C) groups is 1. The van der Waals surface area contributed by atoms with E-state index in [1.807, 2.05) is 65.6 Å². The second-order valence-electron chi connectivity index (χ2n) is 9.75. The molecule has 1 spiro atoms. The number of aliphatic hydroxyl groups is 1. The lowest BCUT2D eigenvalue weighted by Crippen LogP contribution is -2.75. The zero-order valence-electron chi connectivity index (χ0n) is 19.2. The lowest BCUT2D eigenvalue weighted by atomic mass is 9.61. The van der Waals surface area contributed by atoms with Gasteiger partial charge in [-0.15, -0.1) is 0 Å². The van der Waals surface area contributed by atoms with Crippen LogP contribution in [0.25, 0.3) is 0 Å². The number of carbonyl (C=O) groups is 1. The molecule has 8 nitrogen and oxygen atoms in total. The Hall–Kier alpha value is -2.94. The molecule has 2 saturated heterocycles. The molecule has 1 unspecified atom stereocenters. The van der Waals surface area contributed by atoms with E-state index in [4.69, 9.17) is 23.9 Å². The highest BCUT2D eigenvalue weighted by Crippen LogP contribution is 2.58. The van der Waals surface area contributed by atoms with Crippen LogP contribution in [0.1, 0.15) is 24.5 Å². The number of nitrogens with zero attached hydrogens (tertiary/aromatic N) is 2. The van der Waals surface area contributed by atoms with Gasteiger partial charge in [-0.3, -0.25) is 4.90 Å². The van der Waals surface area contributed by atoms with Crippen molar-refractivity contribution in [1.29, 1.82) is 0 Å². The topological polar surface area (TPSA) is 89.8 Å². The number of methoxy groups -OCH3 is 1. The Morgan fingerprint density at radius 2 is 1.79 bits per heavy atom. The maximum Gasteiger partial charge on any atom is 0.338 e. The molecule has 1 saturated carbocycles. The van der Waals surface area contributed by atoms with Crippen LogP contribution >= 0.6 is 0 Å². The Bertz CT molecular complexity index is 1110. The predicted molar refractivity (Wildman–Crippen MR) is 121 cm³/mol. The van der Waals surface area contributed by atoms with E-state index in [0.717, 1.165) is 11.1 Å². The quantitative estimate of drug-likeness (QED) is 0.679. The van der Waals surface area contributed by atoms with Gasteiger partial charge >= 0.3 is 5.97 Å². The minimum Gasteiger partial charge on any atom is -0.468 e. The average Bonchev–Trinajstić information content (AvgIpc) is 3.09. The lowest BCUT2D eigenvalue weighted by Gasteiger charge is -2.57. The summed E-state index contributed by atoms with van der Waals surface area (Å²) in [5.41, 5.74) is -0.279. The highest BCUT2D eigenvalue weighted by Gasteiger charge is 2.77. The predicted octanol–water partition coefficient (Wildman–Crippen LogP) is 2.25. The van der Waals surface area contributed by atoms with E-state index < -0.39 is 41.6 Å². The SMILES string of the molecule is COC1=N[C@]23C(OCc4ccccc4)[C@@H]4OC(=O)[C@H]2O[C@@H]([C@H]3C[C@]4(C)O)N1Cc1ccccc1. The second-order valence-corrected chi connectivity index (χ2v) is 9.75. The van der Waals surface area contributed by atoms with Crippen molar-refractivity contribution in [3.63, 3.8) is 0 Å². The molecule has 1 aliphatic carbocycles. The Balaban J connectivity index is 1.43. The van der Waals surface area contributed by atoms with Crippen molar-refractivity contribution in [2.24, 2.45) is 10.9 Å². The molecule has 4 aliphatic rings. The first-order valence-electron chi connectivity index (χ1n) is 11.6. The summed E-state index contributed by atoms with van der Waals surface area (Å²) >= 11 is 0. The normalized spacial score (nSPS) is 37.7. The van der Waals surface area contributed by atoms with Gasteiger partial charge in [0.05, 0.1) is 13.7 Å². The maximum absolute atomic E-state index is 13.1. The molecular formula is C26H28N2O6. The molecule has 178 valence electrons. The van der Waals surface area contributed by atoms with Crippen molar-refractivity contribution in [3.8, 4) is 0 Å². The van der Waals surface area contributed by atoms with Crippen molar-refractivity contribution < 1.29 is 28.8 Å². The van der Waals surface area contributed by atoms with Crippen molar-refractivity contribution in [1.82, 2.24) is 4.90 Å². The van der Waals surface area contributed by atoms with E-state index in [1.54, 1.807) is 14.0 Å². The van der Waals surface area contributed by atoms with E-state index in [-0.39, 0.29) is 5.92 Å². The van der Waals surface area contributed by atoms with Gasteiger partial charge in [-0.1, -0.05) is 60.7 Å². The Kier molecular flexibility index (Phi) is 4.95. The maximum atomic E-state index is 13.1. The third-order valence-electron chi connectivity index (χ3n) is 7.56. The monoisotopic (exact) mass is 464 g/mol. The van der Waals surface area contributed by atoms with Crippen LogP contribution in [0.4, 0.5) is 0 Å². The molecule has 1 N–H and O–H groups in total. The molecule has 3 aliphatic heterocycles. The molecule has 6 rings (SSSR count). The molecule has 3 fully saturated rings. The van der Waals surface area contributed by atoms with Gasteiger partial charge in [0.15, 0.2) is 12.2 Å². The highest BCUT2D eigenvalue weighted by atomic mass is 16.6. The van der Waals surface area contributed by atoms with Crippen LogP contribution in [0.3, 0.4) is 0 Å². The first-order valence-corrected chi connectivity index (χ1v) is 11.6. The average molecular weight is 465 g/mol. The van der Waals surface area contributed by atoms with Gasteiger partial charge in [-0.2, -0.15) is 0 Å². The van der Waals surface area contributed by atoms with Gasteiger partial charge in [-0.05, 0) is 24.5 Å². The van der Waals surface area contributed by atoms with Crippen LogP contribution < -0.4 is 0 Å². The van der Waals surface area contributed by atoms with Crippen molar-refractivity contribution in [2.45, 2.75) is 62.2 Å². The number of carbonyl (C=O) groups excluding carboxylic acids is 1. The highest BCUT2D eigenvalue weighted by molar-refractivity contribution is 5.84. The van der Waals surface area contributed by atoms with Crippen molar-refractivity contribution in [3.05, 3.63) is 71.8 Å². The lowest BCUT2D eigenvalue weighted by molar-refractivity contribution is -0.247. The minimum atomic E-state index is -1.29. The molecule has 34 heavy (non-hydrogen) atoms. The van der Waals surface area contributed by atoms with Gasteiger partial charge < -0.3 is 24.1 Å². The van der Waals surface area contributed by atoms with Crippen LogP contribution in [0, 0.1) is 5.92 Å². The minimum absolute atomic E-state index is 0.278. The molecule has 7 atom stereocenters. The van der Waals surface area contributed by atoms with E-state index in [0.29, 0.717) is 25.6 Å². The molecule has 3 heterocycles. The fourth-order valence-electron chi connectivity index (χ4n) is 6.06. The van der Waals surface area contributed by atoms with Gasteiger partial charge in [0, 0.05) is 12.5 Å². The van der Waals surface area contributed by atoms with Crippen LogP contribution in [0.15, 0.2) is 65.7 Å². The van der Waals surface area contributed by atoms with Crippen LogP contribution in [-0.4, -0.2) is 64.8 Å². The summed E-state index contributed by atoms with van der Waals surface area (Å²) in [6.07, 6.45) is -2.62. The Morgan fingerprint density at radius 3 is 2.47 bits per heavy atom. The zero-order chi connectivity index (χ0) is 23.5. The number of hydrogen-bond acceptors (Lipinski definition) is 8. The first kappa shape index (κ1) is 21.6. The Labute approximate surface area is 198 Å². The summed E-state index contributed by atoms with van der Waals surface area (Å²) in [6.45, 7) is 2.49. The summed E-state index contributed by atoms with van der Waals surface area (Å²) in [5, 5.41) is 11.4. The number of fused-ring (bicyclic) bond motifs is 1. The number of benzene rings is 2. The van der Waals surface area contributed by atoms with Gasteiger partial charge in [0.1, 0.15) is 23.5 Å². The summed E-state index contributed by atoms with van der Waals surface area (Å²) in [6, 6.07) is 20.1. The number of hydrogen-bond donors (Lipinski definition) is 1. The number of ether oxygens (including phenoxy) is 4. The Morgan fingerprint density at radius 1 is 1.12 bits per heavy atom.